The SMILES string of the molecule is O=C(O)c1cc(Nc2ccc3[nH]c(=O)[nH]c3c2)c(C(=O)O)cc1Nc1ccc2[nH]c(=O)[nH]c2c1. The van der Waals surface area contributed by atoms with Crippen LogP contribution in [0.4, 0.5) is 22.7 Å². The summed E-state index contributed by atoms with van der Waals surface area (Å²) in [5.74, 6) is -2.55. The van der Waals surface area contributed by atoms with Crippen LogP contribution in [0.15, 0.2) is 58.1 Å². The highest BCUT2D eigenvalue weighted by atomic mass is 16.4. The average Bonchev–Trinajstić information content (AvgIpc) is 3.33. The number of aromatic nitrogens is 4. The van der Waals surface area contributed by atoms with E-state index in [-0.39, 0.29) is 33.9 Å². The van der Waals surface area contributed by atoms with E-state index in [1.54, 1.807) is 36.4 Å². The number of aromatic amines is 4. The summed E-state index contributed by atoms with van der Waals surface area (Å²) in [6.45, 7) is 0. The fourth-order valence-electron chi connectivity index (χ4n) is 3.69. The van der Waals surface area contributed by atoms with Crippen molar-refractivity contribution in [3.8, 4) is 0 Å². The number of benzene rings is 3. The van der Waals surface area contributed by atoms with Crippen molar-refractivity contribution in [2.24, 2.45) is 0 Å². The van der Waals surface area contributed by atoms with Gasteiger partial charge in [0.15, 0.2) is 0 Å². The number of anilines is 4. The molecule has 5 aromatic rings. The van der Waals surface area contributed by atoms with Gasteiger partial charge in [-0.05, 0) is 48.5 Å². The summed E-state index contributed by atoms with van der Waals surface area (Å²) >= 11 is 0. The highest BCUT2D eigenvalue weighted by Gasteiger charge is 2.20. The number of aromatic carboxylic acids is 2. The largest absolute Gasteiger partial charge is 0.478 e. The van der Waals surface area contributed by atoms with Gasteiger partial charge in [0.2, 0.25) is 0 Å². The Morgan fingerprint density at radius 1 is 0.588 bits per heavy atom. The highest BCUT2D eigenvalue weighted by Crippen LogP contribution is 2.31. The quantitative estimate of drug-likeness (QED) is 0.189. The van der Waals surface area contributed by atoms with Crippen molar-refractivity contribution in [3.05, 3.63) is 80.6 Å². The minimum absolute atomic E-state index is 0.0538. The van der Waals surface area contributed by atoms with Crippen LogP contribution in [-0.4, -0.2) is 42.1 Å². The van der Waals surface area contributed by atoms with E-state index < -0.39 is 11.9 Å². The van der Waals surface area contributed by atoms with Gasteiger partial charge in [0, 0.05) is 11.4 Å². The van der Waals surface area contributed by atoms with Crippen molar-refractivity contribution in [2.45, 2.75) is 0 Å². The maximum Gasteiger partial charge on any atom is 0.337 e. The van der Waals surface area contributed by atoms with Crippen LogP contribution < -0.4 is 22.0 Å². The molecular weight excluding hydrogens is 444 g/mol. The van der Waals surface area contributed by atoms with Crippen LogP contribution in [0.1, 0.15) is 20.7 Å². The summed E-state index contributed by atoms with van der Waals surface area (Å²) < 4.78 is 0. The number of carboxylic acid groups (broad SMARTS) is 2. The number of carbonyl (C=O) groups is 2. The lowest BCUT2D eigenvalue weighted by atomic mass is 10.0. The van der Waals surface area contributed by atoms with Gasteiger partial charge in [-0.15, -0.1) is 0 Å². The highest BCUT2D eigenvalue weighted by molar-refractivity contribution is 6.03. The Hall–Kier alpha value is -5.26. The van der Waals surface area contributed by atoms with Gasteiger partial charge in [-0.1, -0.05) is 0 Å². The summed E-state index contributed by atoms with van der Waals surface area (Å²) in [4.78, 5) is 57.3. The number of nitrogens with one attached hydrogen (secondary N) is 6. The van der Waals surface area contributed by atoms with Crippen molar-refractivity contribution in [1.82, 2.24) is 19.9 Å². The van der Waals surface area contributed by atoms with Crippen molar-refractivity contribution >= 4 is 56.8 Å². The molecule has 0 unspecified atom stereocenters. The van der Waals surface area contributed by atoms with Crippen LogP contribution in [0.2, 0.25) is 0 Å². The predicted molar refractivity (Wildman–Crippen MR) is 125 cm³/mol. The summed E-state index contributed by atoms with van der Waals surface area (Å²) in [5, 5.41) is 25.4. The topological polar surface area (TPSA) is 196 Å². The molecule has 2 aromatic heterocycles. The number of rotatable bonds is 6. The van der Waals surface area contributed by atoms with E-state index >= 15 is 0 Å². The van der Waals surface area contributed by atoms with Gasteiger partial charge in [-0.2, -0.15) is 0 Å². The normalized spacial score (nSPS) is 11.1. The van der Waals surface area contributed by atoms with Crippen LogP contribution in [-0.2, 0) is 0 Å². The van der Waals surface area contributed by atoms with Gasteiger partial charge in [0.1, 0.15) is 0 Å². The molecular formula is C22H16N6O6. The molecule has 0 aliphatic heterocycles. The number of carboxylic acids is 2. The van der Waals surface area contributed by atoms with E-state index in [0.29, 0.717) is 33.4 Å². The van der Waals surface area contributed by atoms with E-state index in [9.17, 15) is 29.4 Å². The summed E-state index contributed by atoms with van der Waals surface area (Å²) in [6.07, 6.45) is 0. The third-order valence-corrected chi connectivity index (χ3v) is 5.21. The molecule has 12 heteroatoms. The number of hydrogen-bond acceptors (Lipinski definition) is 6. The van der Waals surface area contributed by atoms with Gasteiger partial charge in [-0.25, -0.2) is 19.2 Å². The minimum Gasteiger partial charge on any atom is -0.478 e. The summed E-state index contributed by atoms with van der Waals surface area (Å²) in [7, 11) is 0. The predicted octanol–water partition coefficient (Wildman–Crippen LogP) is 2.91. The Bertz CT molecular complexity index is 1600. The van der Waals surface area contributed by atoms with Gasteiger partial charge >= 0.3 is 23.3 Å². The molecule has 0 bridgehead atoms. The first kappa shape index (κ1) is 20.6. The molecule has 5 rings (SSSR count). The van der Waals surface area contributed by atoms with Crippen LogP contribution in [0.25, 0.3) is 22.1 Å². The first-order valence-corrected chi connectivity index (χ1v) is 9.89. The number of H-pyrrole nitrogens is 4. The van der Waals surface area contributed by atoms with Gasteiger partial charge in [0.05, 0.1) is 44.6 Å². The Morgan fingerprint density at radius 3 is 1.35 bits per heavy atom. The zero-order valence-electron chi connectivity index (χ0n) is 17.1. The zero-order chi connectivity index (χ0) is 24.0. The molecule has 3 aromatic carbocycles. The molecule has 0 aliphatic rings. The molecule has 0 amide bonds. The fourth-order valence-corrected chi connectivity index (χ4v) is 3.69. The lowest BCUT2D eigenvalue weighted by Gasteiger charge is -2.16. The van der Waals surface area contributed by atoms with Crippen molar-refractivity contribution in [2.75, 3.05) is 10.6 Å². The molecule has 0 fully saturated rings. The molecule has 170 valence electrons. The molecule has 0 radical (unpaired) electrons. The third-order valence-electron chi connectivity index (χ3n) is 5.21. The van der Waals surface area contributed by atoms with E-state index in [2.05, 4.69) is 30.6 Å². The van der Waals surface area contributed by atoms with Crippen LogP contribution >= 0.6 is 0 Å². The van der Waals surface area contributed by atoms with Gasteiger partial charge < -0.3 is 40.8 Å². The van der Waals surface area contributed by atoms with Crippen molar-refractivity contribution in [1.29, 1.82) is 0 Å². The van der Waals surface area contributed by atoms with Gasteiger partial charge in [0.25, 0.3) is 0 Å². The van der Waals surface area contributed by atoms with Gasteiger partial charge in [-0.3, -0.25) is 0 Å². The molecule has 0 spiro atoms. The molecule has 34 heavy (non-hydrogen) atoms. The second-order valence-corrected chi connectivity index (χ2v) is 7.48. The van der Waals surface area contributed by atoms with E-state index in [1.165, 1.54) is 12.1 Å². The third kappa shape index (κ3) is 3.75. The Balaban J connectivity index is 1.56. The molecule has 2 heterocycles. The summed E-state index contributed by atoms with van der Waals surface area (Å²) in [6, 6.07) is 12.1. The van der Waals surface area contributed by atoms with Crippen molar-refractivity contribution < 1.29 is 19.8 Å². The molecule has 0 saturated carbocycles. The van der Waals surface area contributed by atoms with Crippen LogP contribution in [0, 0.1) is 0 Å². The van der Waals surface area contributed by atoms with E-state index in [1.807, 2.05) is 0 Å². The smallest absolute Gasteiger partial charge is 0.337 e. The Kier molecular flexibility index (Phi) is 4.68. The maximum absolute atomic E-state index is 12.0. The lowest BCUT2D eigenvalue weighted by molar-refractivity contribution is 0.0683. The first-order chi connectivity index (χ1) is 16.3. The molecule has 8 N–H and O–H groups in total. The van der Waals surface area contributed by atoms with Crippen LogP contribution in [0.5, 0.6) is 0 Å². The minimum atomic E-state index is -1.27. The Morgan fingerprint density at radius 2 is 0.971 bits per heavy atom. The maximum atomic E-state index is 12.0. The van der Waals surface area contributed by atoms with Crippen LogP contribution in [0.3, 0.4) is 0 Å². The fraction of sp³-hybridized carbons (Fsp3) is 0. The second kappa shape index (κ2) is 7.70. The zero-order valence-corrected chi connectivity index (χ0v) is 17.1. The monoisotopic (exact) mass is 460 g/mol. The lowest BCUT2D eigenvalue weighted by Crippen LogP contribution is -2.09. The Labute approximate surface area is 188 Å². The molecule has 0 atom stereocenters. The van der Waals surface area contributed by atoms with E-state index in [4.69, 9.17) is 0 Å². The standard InChI is InChI=1S/C22H16N6O6/c29-19(30)11-8-16(24-10-2-4-14-18(6-10)28-22(34)26-14)12(20(31)32)7-15(11)23-9-1-3-13-17(5-9)27-21(33)25-13/h1-8,23-24H,(H,29,30)(H,31,32)(H2,25,27,33)(H2,26,28,34). The molecule has 12 nitrogen and oxygen atoms in total. The second-order valence-electron chi connectivity index (χ2n) is 7.48. The first-order valence-electron chi connectivity index (χ1n) is 9.89. The van der Waals surface area contributed by atoms with E-state index in [0.717, 1.165) is 0 Å². The number of hydrogen-bond donors (Lipinski definition) is 8. The molecule has 0 saturated heterocycles. The average molecular weight is 460 g/mol. The summed E-state index contributed by atoms with van der Waals surface area (Å²) in [5.41, 5.74) is 2.03. The number of imidazole rings is 2. The van der Waals surface area contributed by atoms with Crippen molar-refractivity contribution in [3.63, 3.8) is 0 Å². The molecule has 0 aliphatic carbocycles. The number of fused-ring (bicyclic) bond motifs is 2.